The first kappa shape index (κ1) is 9.15. The molecule has 1 atom stereocenters. The van der Waals surface area contributed by atoms with E-state index in [1.165, 1.54) is 6.33 Å². The summed E-state index contributed by atoms with van der Waals surface area (Å²) in [6.07, 6.45) is 1.19. The van der Waals surface area contributed by atoms with Gasteiger partial charge in [-0.15, -0.1) is 0 Å². The Morgan fingerprint density at radius 1 is 1.75 bits per heavy atom. The lowest BCUT2D eigenvalue weighted by Crippen LogP contribution is -2.25. The minimum atomic E-state index is -0.321. The lowest BCUT2D eigenvalue weighted by atomic mass is 10.4. The molecule has 1 rings (SSSR count). The summed E-state index contributed by atoms with van der Waals surface area (Å²) >= 11 is 0. The van der Waals surface area contributed by atoms with Gasteiger partial charge in [0.05, 0.1) is 12.6 Å². The number of aromatic nitrogens is 3. The van der Waals surface area contributed by atoms with Crippen molar-refractivity contribution in [1.82, 2.24) is 20.1 Å². The van der Waals surface area contributed by atoms with Gasteiger partial charge in [0.25, 0.3) is 0 Å². The van der Waals surface area contributed by atoms with Crippen LogP contribution in [0.2, 0.25) is 0 Å². The minimum Gasteiger partial charge on any atom is -0.392 e. The summed E-state index contributed by atoms with van der Waals surface area (Å²) < 4.78 is 1.70. The van der Waals surface area contributed by atoms with Crippen LogP contribution in [0.15, 0.2) is 6.33 Å². The smallest absolute Gasteiger partial charge is 0.140 e. The zero-order valence-corrected chi connectivity index (χ0v) is 7.36. The Balaban J connectivity index is 2.29. The Morgan fingerprint density at radius 3 is 3.00 bits per heavy atom. The van der Waals surface area contributed by atoms with Crippen molar-refractivity contribution in [3.8, 4) is 0 Å². The summed E-state index contributed by atoms with van der Waals surface area (Å²) in [5, 5.41) is 15.9. The number of aliphatic hydroxyl groups is 1. The van der Waals surface area contributed by atoms with E-state index in [-0.39, 0.29) is 6.10 Å². The highest BCUT2D eigenvalue weighted by Crippen LogP contribution is 1.88. The Hall–Kier alpha value is -0.940. The molecule has 0 spiro atoms. The Bertz CT molecular complexity index is 233. The molecule has 0 bridgehead atoms. The van der Waals surface area contributed by atoms with Gasteiger partial charge >= 0.3 is 0 Å². The average Bonchev–Trinajstić information content (AvgIpc) is 2.36. The largest absolute Gasteiger partial charge is 0.392 e. The number of aliphatic hydroxyl groups excluding tert-OH is 1. The molecule has 5 heteroatoms. The Morgan fingerprint density at radius 2 is 2.50 bits per heavy atom. The van der Waals surface area contributed by atoms with Gasteiger partial charge in [-0.1, -0.05) is 0 Å². The second kappa shape index (κ2) is 4.18. The third-order valence-electron chi connectivity index (χ3n) is 1.53. The van der Waals surface area contributed by atoms with E-state index < -0.39 is 0 Å². The maximum absolute atomic E-state index is 8.94. The zero-order chi connectivity index (χ0) is 8.97. The molecule has 0 aromatic carbocycles. The number of nitrogens with zero attached hydrogens (tertiary/aromatic N) is 3. The minimum absolute atomic E-state index is 0.321. The molecule has 0 fully saturated rings. The first-order valence-corrected chi connectivity index (χ1v) is 3.92. The maximum atomic E-state index is 8.94. The summed E-state index contributed by atoms with van der Waals surface area (Å²) in [7, 11) is 1.84. The highest BCUT2D eigenvalue weighted by Gasteiger charge is 1.99. The van der Waals surface area contributed by atoms with Crippen LogP contribution in [0.4, 0.5) is 0 Å². The Kier molecular flexibility index (Phi) is 3.19. The quantitative estimate of drug-likeness (QED) is 0.626. The topological polar surface area (TPSA) is 63.0 Å². The molecule has 2 N–H and O–H groups in total. The maximum Gasteiger partial charge on any atom is 0.140 e. The standard InChI is InChI=1S/C7H14N4O/c1-6(12)3-8-4-7-9-5-10-11(7)2/h5-6,8,12H,3-4H2,1-2H3. The van der Waals surface area contributed by atoms with Gasteiger partial charge in [-0.25, -0.2) is 4.98 Å². The summed E-state index contributed by atoms with van der Waals surface area (Å²) in [6.45, 7) is 2.96. The van der Waals surface area contributed by atoms with Crippen molar-refractivity contribution in [2.24, 2.45) is 7.05 Å². The van der Waals surface area contributed by atoms with Crippen LogP contribution in [-0.4, -0.2) is 32.5 Å². The molecule has 0 amide bonds. The van der Waals surface area contributed by atoms with E-state index in [4.69, 9.17) is 5.11 Å². The summed E-state index contributed by atoms with van der Waals surface area (Å²) in [4.78, 5) is 4.02. The van der Waals surface area contributed by atoms with Crippen LogP contribution >= 0.6 is 0 Å². The van der Waals surface area contributed by atoms with E-state index in [0.717, 1.165) is 5.82 Å². The van der Waals surface area contributed by atoms with Gasteiger partial charge in [-0.2, -0.15) is 5.10 Å². The van der Waals surface area contributed by atoms with E-state index in [1.807, 2.05) is 7.05 Å². The molecule has 0 saturated carbocycles. The predicted octanol–water partition coefficient (Wildman–Crippen LogP) is -0.715. The number of aryl methyl sites for hydroxylation is 1. The fraction of sp³-hybridized carbons (Fsp3) is 0.714. The molecule has 0 aliphatic carbocycles. The van der Waals surface area contributed by atoms with Gasteiger partial charge < -0.3 is 10.4 Å². The SMILES string of the molecule is CC(O)CNCc1ncnn1C. The van der Waals surface area contributed by atoms with E-state index in [9.17, 15) is 0 Å². The summed E-state index contributed by atoms with van der Waals surface area (Å²) in [5.74, 6) is 0.871. The van der Waals surface area contributed by atoms with Crippen LogP contribution in [0, 0.1) is 0 Å². The van der Waals surface area contributed by atoms with E-state index >= 15 is 0 Å². The number of hydrogen-bond donors (Lipinski definition) is 2. The van der Waals surface area contributed by atoms with Crippen LogP contribution in [0.1, 0.15) is 12.7 Å². The fourth-order valence-electron chi connectivity index (χ4n) is 0.873. The second-order valence-electron chi connectivity index (χ2n) is 2.78. The normalized spacial score (nSPS) is 13.2. The van der Waals surface area contributed by atoms with Crippen LogP contribution < -0.4 is 5.32 Å². The average molecular weight is 170 g/mol. The van der Waals surface area contributed by atoms with Crippen LogP contribution in [0.25, 0.3) is 0 Å². The fourth-order valence-corrected chi connectivity index (χ4v) is 0.873. The molecule has 1 unspecified atom stereocenters. The van der Waals surface area contributed by atoms with E-state index in [0.29, 0.717) is 13.1 Å². The number of hydrogen-bond acceptors (Lipinski definition) is 4. The highest BCUT2D eigenvalue weighted by atomic mass is 16.3. The molecule has 1 heterocycles. The molecule has 68 valence electrons. The molecule has 0 radical (unpaired) electrons. The molecule has 0 saturated heterocycles. The molecule has 1 aromatic heterocycles. The van der Waals surface area contributed by atoms with Gasteiger partial charge in [-0.05, 0) is 6.92 Å². The number of rotatable bonds is 4. The third kappa shape index (κ3) is 2.60. The predicted molar refractivity (Wildman–Crippen MR) is 44.4 cm³/mol. The highest BCUT2D eigenvalue weighted by molar-refractivity contribution is 4.82. The van der Waals surface area contributed by atoms with Gasteiger partial charge in [0, 0.05) is 13.6 Å². The van der Waals surface area contributed by atoms with Crippen LogP contribution in [-0.2, 0) is 13.6 Å². The van der Waals surface area contributed by atoms with Gasteiger partial charge in [0.15, 0.2) is 0 Å². The Labute approximate surface area is 71.4 Å². The molecule has 12 heavy (non-hydrogen) atoms. The van der Waals surface area contributed by atoms with Crippen molar-refractivity contribution in [2.75, 3.05) is 6.54 Å². The van der Waals surface area contributed by atoms with Crippen molar-refractivity contribution in [2.45, 2.75) is 19.6 Å². The van der Waals surface area contributed by atoms with Crippen molar-refractivity contribution < 1.29 is 5.11 Å². The van der Waals surface area contributed by atoms with E-state index in [2.05, 4.69) is 15.4 Å². The van der Waals surface area contributed by atoms with Gasteiger partial charge in [-0.3, -0.25) is 4.68 Å². The number of nitrogens with one attached hydrogen (secondary N) is 1. The summed E-state index contributed by atoms with van der Waals surface area (Å²) in [6, 6.07) is 0. The zero-order valence-electron chi connectivity index (χ0n) is 7.36. The molecule has 1 aromatic rings. The van der Waals surface area contributed by atoms with E-state index in [1.54, 1.807) is 11.6 Å². The third-order valence-corrected chi connectivity index (χ3v) is 1.53. The van der Waals surface area contributed by atoms with Crippen molar-refractivity contribution in [3.63, 3.8) is 0 Å². The lowest BCUT2D eigenvalue weighted by Gasteiger charge is -2.05. The molecular formula is C7H14N4O. The molecular weight excluding hydrogens is 156 g/mol. The van der Waals surface area contributed by atoms with Crippen molar-refractivity contribution in [1.29, 1.82) is 0 Å². The van der Waals surface area contributed by atoms with Crippen molar-refractivity contribution >= 4 is 0 Å². The molecule has 5 nitrogen and oxygen atoms in total. The monoisotopic (exact) mass is 170 g/mol. The molecule has 0 aliphatic rings. The van der Waals surface area contributed by atoms with Crippen LogP contribution in [0.3, 0.4) is 0 Å². The first-order valence-electron chi connectivity index (χ1n) is 3.92. The van der Waals surface area contributed by atoms with Gasteiger partial charge in [0.1, 0.15) is 12.2 Å². The molecule has 0 aliphatic heterocycles. The second-order valence-corrected chi connectivity index (χ2v) is 2.78. The summed E-state index contributed by atoms with van der Waals surface area (Å²) in [5.41, 5.74) is 0. The first-order chi connectivity index (χ1) is 5.70. The van der Waals surface area contributed by atoms with Gasteiger partial charge in [0.2, 0.25) is 0 Å². The van der Waals surface area contributed by atoms with Crippen LogP contribution in [0.5, 0.6) is 0 Å². The van der Waals surface area contributed by atoms with Crippen molar-refractivity contribution in [3.05, 3.63) is 12.2 Å². The lowest BCUT2D eigenvalue weighted by molar-refractivity contribution is 0.190.